The first kappa shape index (κ1) is 101. The van der Waals surface area contributed by atoms with Crippen molar-refractivity contribution in [1.82, 2.24) is 0 Å². The second-order valence-electron chi connectivity index (χ2n) is 31.4. The Bertz CT molecular complexity index is 2700. The lowest BCUT2D eigenvalue weighted by Gasteiger charge is -2.35. The summed E-state index contributed by atoms with van der Waals surface area (Å²) in [5.41, 5.74) is 0. The molecule has 24 nitrogen and oxygen atoms in total. The maximum Gasteiger partial charge on any atom is 0.152 e. The molecule has 8 rings (SSSR count). The van der Waals surface area contributed by atoms with Crippen LogP contribution in [-0.2, 0) is 117 Å². The largest absolute Gasteiger partial charge is 0.380 e. The molecule has 8 aliphatic rings. The normalized spacial score (nSPS) is 23.6. The van der Waals surface area contributed by atoms with Gasteiger partial charge in [-0.3, -0.25) is 0 Å². The third-order valence-electron chi connectivity index (χ3n) is 24.2. The Morgan fingerprint density at radius 1 is 0.173 bits per heavy atom. The predicted molar refractivity (Wildman–Crippen MR) is 420 cm³/mol. The van der Waals surface area contributed by atoms with Gasteiger partial charge in [-0.1, -0.05) is 51.4 Å². The molecule has 0 aromatic heterocycles. The second kappa shape index (κ2) is 45.8. The van der Waals surface area contributed by atoms with Gasteiger partial charge in [-0.05, 0) is 205 Å². The summed E-state index contributed by atoms with van der Waals surface area (Å²) in [7, 11) is -10.9. The minimum atomic E-state index is -2.96. The fourth-order valence-corrected chi connectivity index (χ4v) is 20.8. The van der Waals surface area contributed by atoms with Gasteiger partial charge in [-0.15, -0.1) is 0 Å². The number of rotatable bonds is 32. The van der Waals surface area contributed by atoms with Crippen LogP contribution in [0.5, 0.6) is 0 Å². The Kier molecular flexibility index (Phi) is 44.6. The van der Waals surface area contributed by atoms with E-state index < -0.39 is 78.7 Å². The second-order valence-corrected chi connectivity index (χ2v) is 50.6. The highest BCUT2D eigenvalue weighted by atomic mass is 32.2. The summed E-state index contributed by atoms with van der Waals surface area (Å²) >= 11 is 0. The van der Waals surface area contributed by atoms with Crippen LogP contribution in [-0.4, -0.2) is 265 Å². The van der Waals surface area contributed by atoms with E-state index in [9.17, 15) is 67.3 Å². The van der Waals surface area contributed by atoms with Crippen LogP contribution in [0.1, 0.15) is 209 Å². The summed E-state index contributed by atoms with van der Waals surface area (Å²) < 4.78 is 223. The predicted octanol–water partition coefficient (Wildman–Crippen LogP) is 9.88. The first-order chi connectivity index (χ1) is 47.7. The van der Waals surface area contributed by atoms with E-state index in [-0.39, 0.29) is 90.8 Å². The van der Waals surface area contributed by atoms with Gasteiger partial charge in [0.1, 0.15) is 0 Å². The summed E-state index contributed by atoms with van der Waals surface area (Å²) in [6.07, 6.45) is 36.8. The molecule has 0 saturated heterocycles. The molecule has 0 bridgehead atoms. The number of hydrogen-bond acceptors (Lipinski definition) is 24. The maximum atomic E-state index is 11.3. The topological polar surface area (TPSA) is 347 Å². The molecule has 0 heterocycles. The van der Waals surface area contributed by atoms with Gasteiger partial charge in [0, 0.05) is 107 Å². The summed E-state index contributed by atoms with van der Waals surface area (Å²) in [5, 5.41) is -2.98. The Hall–Kier alpha value is -0.720. The summed E-state index contributed by atoms with van der Waals surface area (Å²) in [4.78, 5) is 0. The van der Waals surface area contributed by atoms with Crippen molar-refractivity contribution in [3.63, 3.8) is 0 Å². The Morgan fingerprint density at radius 3 is 0.269 bits per heavy atom. The number of sulfone groups is 8. The minimum Gasteiger partial charge on any atom is -0.380 e. The smallest absolute Gasteiger partial charge is 0.152 e. The van der Waals surface area contributed by atoms with Crippen molar-refractivity contribution in [1.29, 1.82) is 0 Å². The van der Waals surface area contributed by atoms with Gasteiger partial charge < -0.3 is 37.9 Å². The van der Waals surface area contributed by atoms with Gasteiger partial charge in [-0.25, -0.2) is 67.3 Å². The number of methoxy groups -OCH3 is 8. The highest BCUT2D eigenvalue weighted by molar-refractivity contribution is 7.93. The molecular weight excluding hydrogens is 1510 g/mol. The van der Waals surface area contributed by atoms with Crippen LogP contribution in [0, 0.1) is 47.3 Å². The fraction of sp³-hybridized carbons (Fsp3) is 1.00. The van der Waals surface area contributed by atoms with E-state index in [1.807, 2.05) is 0 Å². The van der Waals surface area contributed by atoms with Crippen LogP contribution in [0.2, 0.25) is 0 Å². The molecule has 0 spiro atoms. The zero-order chi connectivity index (χ0) is 80.5. The molecule has 8 aliphatic carbocycles. The third kappa shape index (κ3) is 33.2. The average Bonchev–Trinajstić information content (AvgIpc) is 0.884. The summed E-state index contributed by atoms with van der Waals surface area (Å²) in [5.74, 6) is 3.63. The van der Waals surface area contributed by atoms with Crippen LogP contribution < -0.4 is 0 Å². The molecule has 0 N–H and O–H groups in total. The van der Waals surface area contributed by atoms with Gasteiger partial charge in [0.15, 0.2) is 78.7 Å². The van der Waals surface area contributed by atoms with Crippen molar-refractivity contribution in [3.05, 3.63) is 0 Å². The molecule has 32 heteroatoms. The van der Waals surface area contributed by atoms with E-state index >= 15 is 0 Å². The van der Waals surface area contributed by atoms with Crippen molar-refractivity contribution < 1.29 is 105 Å². The molecular formula is C72H144O24S8. The molecule has 8 saturated carbocycles. The molecule has 624 valence electrons. The van der Waals surface area contributed by atoms with Crippen LogP contribution in [0.25, 0.3) is 0 Å². The lowest BCUT2D eigenvalue weighted by molar-refractivity contribution is 0.0194. The van der Waals surface area contributed by atoms with Crippen molar-refractivity contribution >= 4 is 78.7 Å². The summed E-state index contributed by atoms with van der Waals surface area (Å²) in [6.45, 7) is 13.9. The zero-order valence-electron chi connectivity index (χ0n) is 67.9. The van der Waals surface area contributed by atoms with E-state index in [0.717, 1.165) is 103 Å². The minimum absolute atomic E-state index is 0.108. The highest BCUT2D eigenvalue weighted by Gasteiger charge is 2.42. The van der Waals surface area contributed by atoms with Crippen LogP contribution in [0.15, 0.2) is 0 Å². The third-order valence-corrected chi connectivity index (χ3v) is 37.1. The van der Waals surface area contributed by atoms with E-state index in [1.54, 1.807) is 112 Å². The van der Waals surface area contributed by atoms with Gasteiger partial charge in [0.05, 0.1) is 90.8 Å². The van der Waals surface area contributed by atoms with E-state index in [0.29, 0.717) is 47.3 Å². The Balaban J connectivity index is 0.000000594. The molecule has 0 amide bonds. The van der Waals surface area contributed by atoms with Gasteiger partial charge >= 0.3 is 0 Å². The van der Waals surface area contributed by atoms with Crippen molar-refractivity contribution in [2.45, 2.75) is 300 Å². The van der Waals surface area contributed by atoms with Crippen molar-refractivity contribution in [2.24, 2.45) is 47.3 Å². The van der Waals surface area contributed by atoms with Gasteiger partial charge in [0.25, 0.3) is 0 Å². The van der Waals surface area contributed by atoms with Gasteiger partial charge in [0.2, 0.25) is 0 Å². The molecule has 0 aromatic carbocycles. The SMILES string of the molecule is CO[C@@H](C1CCC1)[C@@H](C)S(C)(=O)=O.CO[C@@H](C1CCC1)[C@@H](C)S(C)(=O)=O.CO[C@@H](C1CCC1)[C@H](C)S(C)(=O)=O.CO[C@@H](C1CCC1)[C@H](C)S(C)(=O)=O.CO[C@H](C1CCC1)[C@@H](C)S(C)(=O)=O.CO[C@H](C1CCC1)[C@@H](C)S(C)(=O)=O.CO[C@H](C1CCC1)[C@H](C)S(C)(=O)=O.CO[C@H](C1CCC1)[C@H](C)S(C)(=O)=O. The fourth-order valence-electron chi connectivity index (χ4n) is 14.2. The quantitative estimate of drug-likeness (QED) is 0.0604. The molecule has 0 unspecified atom stereocenters. The van der Waals surface area contributed by atoms with E-state index in [2.05, 4.69) is 0 Å². The Labute approximate surface area is 634 Å². The molecule has 104 heavy (non-hydrogen) atoms. The monoisotopic (exact) mass is 1650 g/mol. The molecule has 0 aliphatic heterocycles. The average molecular weight is 1650 g/mol. The highest BCUT2D eigenvalue weighted by Crippen LogP contribution is 2.40. The van der Waals surface area contributed by atoms with Crippen LogP contribution >= 0.6 is 0 Å². The molecule has 16 atom stereocenters. The first-order valence-electron chi connectivity index (χ1n) is 37.5. The first-order valence-corrected chi connectivity index (χ1v) is 53.1. The van der Waals surface area contributed by atoms with Crippen molar-refractivity contribution in [3.8, 4) is 0 Å². The Morgan fingerprint density at radius 2 is 0.240 bits per heavy atom. The lowest BCUT2D eigenvalue weighted by atomic mass is 9.80. The number of hydrogen-bond donors (Lipinski definition) is 0. The molecule has 0 radical (unpaired) electrons. The zero-order valence-corrected chi connectivity index (χ0v) is 74.4. The van der Waals surface area contributed by atoms with Crippen LogP contribution in [0.4, 0.5) is 0 Å². The van der Waals surface area contributed by atoms with Crippen molar-refractivity contribution in [2.75, 3.05) is 107 Å². The molecule has 0 aromatic rings. The lowest BCUT2D eigenvalue weighted by Crippen LogP contribution is -2.41. The van der Waals surface area contributed by atoms with E-state index in [4.69, 9.17) is 37.9 Å². The van der Waals surface area contributed by atoms with Gasteiger partial charge in [-0.2, -0.15) is 0 Å². The number of ether oxygens (including phenoxy) is 8. The maximum absolute atomic E-state index is 11.3. The van der Waals surface area contributed by atoms with Crippen LogP contribution in [0.3, 0.4) is 0 Å². The standard InChI is InChI=1S/8C9H18O3S/c8*1-7(13(3,10)11)9(12-2)8-5-4-6-8/h8*7-9H,4-6H2,1-3H3/t4*7-,9+;4*7-,9-/m11001100/s1. The van der Waals surface area contributed by atoms with E-state index in [1.165, 1.54) is 101 Å². The summed E-state index contributed by atoms with van der Waals surface area (Å²) in [6, 6.07) is 0. The molecule has 8 fully saturated rings.